The van der Waals surface area contributed by atoms with E-state index >= 15 is 0 Å². The van der Waals surface area contributed by atoms with Crippen molar-refractivity contribution in [1.29, 1.82) is 0 Å². The monoisotopic (exact) mass is 387 g/mol. The van der Waals surface area contributed by atoms with E-state index in [0.29, 0.717) is 29.9 Å². The van der Waals surface area contributed by atoms with Crippen molar-refractivity contribution >= 4 is 28.6 Å². The Morgan fingerprint density at radius 1 is 1.39 bits per heavy atom. The molecular formula is C19H25N5O4. The molecule has 9 heteroatoms. The van der Waals surface area contributed by atoms with Crippen molar-refractivity contribution in [3.8, 4) is 0 Å². The Morgan fingerprint density at radius 3 is 2.82 bits per heavy atom. The molecule has 0 radical (unpaired) electrons. The molecule has 2 heterocycles. The highest BCUT2D eigenvalue weighted by Gasteiger charge is 2.33. The molecule has 0 N–H and O–H groups in total. The summed E-state index contributed by atoms with van der Waals surface area (Å²) in [7, 11) is 1.90. The van der Waals surface area contributed by atoms with E-state index in [0.717, 1.165) is 12.8 Å². The number of nitro benzene ring substituents is 1. The Labute approximate surface area is 163 Å². The number of amides is 1. The lowest BCUT2D eigenvalue weighted by molar-refractivity contribution is -0.384. The lowest BCUT2D eigenvalue weighted by atomic mass is 10.2. The Balaban J connectivity index is 1.73. The first-order valence-corrected chi connectivity index (χ1v) is 9.26. The zero-order valence-electron chi connectivity index (χ0n) is 16.6. The van der Waals surface area contributed by atoms with Crippen molar-refractivity contribution < 1.29 is 14.5 Å². The predicted molar refractivity (Wildman–Crippen MR) is 105 cm³/mol. The van der Waals surface area contributed by atoms with Gasteiger partial charge < -0.3 is 14.5 Å². The number of rotatable bonds is 4. The van der Waals surface area contributed by atoms with Crippen LogP contribution in [0.1, 0.15) is 33.6 Å². The molecule has 1 aliphatic rings. The summed E-state index contributed by atoms with van der Waals surface area (Å²) in [6.45, 7) is 6.86. The molecule has 0 bridgehead atoms. The number of ether oxygens (including phenoxy) is 1. The van der Waals surface area contributed by atoms with Gasteiger partial charge in [-0.1, -0.05) is 0 Å². The van der Waals surface area contributed by atoms with E-state index in [-0.39, 0.29) is 17.8 Å². The zero-order chi connectivity index (χ0) is 20.5. The van der Waals surface area contributed by atoms with E-state index < -0.39 is 10.5 Å². The standard InChI is InChI=1S/C19H25N5O4/c1-19(2,3)28-18(25)23-9-5-6-14(23)12-22(4)17-11-20-16-10-13(24(26)27)7-8-15(16)21-17/h7-8,10-11,14H,5-6,9,12H2,1-4H3. The number of aromatic nitrogens is 2. The minimum atomic E-state index is -0.525. The highest BCUT2D eigenvalue weighted by atomic mass is 16.6. The molecule has 1 unspecified atom stereocenters. The molecule has 150 valence electrons. The summed E-state index contributed by atoms with van der Waals surface area (Å²) in [5, 5.41) is 10.9. The van der Waals surface area contributed by atoms with E-state index in [9.17, 15) is 14.9 Å². The average Bonchev–Trinajstić information content (AvgIpc) is 3.07. The van der Waals surface area contributed by atoms with Crippen molar-refractivity contribution in [3.05, 3.63) is 34.5 Å². The normalized spacial score (nSPS) is 17.0. The van der Waals surface area contributed by atoms with Crippen LogP contribution < -0.4 is 4.90 Å². The van der Waals surface area contributed by atoms with Gasteiger partial charge in [-0.3, -0.25) is 15.1 Å². The topological polar surface area (TPSA) is 102 Å². The number of hydrogen-bond donors (Lipinski definition) is 0. The van der Waals surface area contributed by atoms with Crippen molar-refractivity contribution in [2.45, 2.75) is 45.3 Å². The number of non-ortho nitro benzene ring substituents is 1. The summed E-state index contributed by atoms with van der Waals surface area (Å²) in [5.41, 5.74) is 0.526. The first-order valence-electron chi connectivity index (χ1n) is 9.26. The molecule has 9 nitrogen and oxygen atoms in total. The van der Waals surface area contributed by atoms with Crippen molar-refractivity contribution in [3.63, 3.8) is 0 Å². The molecule has 0 aliphatic carbocycles. The SMILES string of the molecule is CN(CC1CCCN1C(=O)OC(C)(C)C)c1cnc2cc([N+](=O)[O-])ccc2n1. The molecule has 1 fully saturated rings. The number of nitrogens with zero attached hydrogens (tertiary/aromatic N) is 5. The van der Waals surface area contributed by atoms with Gasteiger partial charge in [0.25, 0.3) is 5.69 Å². The number of carbonyl (C=O) groups excluding carboxylic acids is 1. The van der Waals surface area contributed by atoms with E-state index in [4.69, 9.17) is 4.74 Å². The van der Waals surface area contributed by atoms with Crippen LogP contribution in [0.3, 0.4) is 0 Å². The summed E-state index contributed by atoms with van der Waals surface area (Å²) in [6, 6.07) is 4.46. The molecule has 3 rings (SSSR count). The molecule has 2 aromatic rings. The summed E-state index contributed by atoms with van der Waals surface area (Å²) in [4.78, 5) is 35.5. The van der Waals surface area contributed by atoms with Crippen molar-refractivity contribution in [2.75, 3.05) is 25.0 Å². The van der Waals surface area contributed by atoms with E-state index in [2.05, 4.69) is 9.97 Å². The number of likely N-dealkylation sites (N-methyl/N-ethyl adjacent to an activating group) is 1. The summed E-state index contributed by atoms with van der Waals surface area (Å²) in [6.07, 6.45) is 3.14. The first kappa shape index (κ1) is 19.8. The van der Waals surface area contributed by atoms with E-state index in [1.165, 1.54) is 12.1 Å². The van der Waals surface area contributed by atoms with Gasteiger partial charge in [0.05, 0.1) is 28.2 Å². The summed E-state index contributed by atoms with van der Waals surface area (Å²) >= 11 is 0. The minimum absolute atomic E-state index is 0.0122. The third-order valence-electron chi connectivity index (χ3n) is 4.60. The lowest BCUT2D eigenvalue weighted by Gasteiger charge is -2.31. The van der Waals surface area contributed by atoms with Gasteiger partial charge in [0, 0.05) is 32.3 Å². The second-order valence-corrected chi connectivity index (χ2v) is 8.01. The molecule has 1 saturated heterocycles. The second kappa shape index (κ2) is 7.57. The van der Waals surface area contributed by atoms with Gasteiger partial charge >= 0.3 is 6.09 Å². The van der Waals surface area contributed by atoms with Gasteiger partial charge in [0.15, 0.2) is 0 Å². The van der Waals surface area contributed by atoms with Gasteiger partial charge in [-0.15, -0.1) is 0 Å². The van der Waals surface area contributed by atoms with E-state index in [1.54, 1.807) is 17.2 Å². The molecule has 1 aromatic carbocycles. The predicted octanol–water partition coefficient (Wildman–Crippen LogP) is 3.37. The van der Waals surface area contributed by atoms with Crippen LogP contribution in [-0.4, -0.2) is 57.7 Å². The minimum Gasteiger partial charge on any atom is -0.444 e. The van der Waals surface area contributed by atoms with Crippen molar-refractivity contribution in [2.24, 2.45) is 0 Å². The van der Waals surface area contributed by atoms with Crippen LogP contribution in [0, 0.1) is 10.1 Å². The number of carbonyl (C=O) groups is 1. The Kier molecular flexibility index (Phi) is 5.35. The molecule has 1 atom stereocenters. The summed E-state index contributed by atoms with van der Waals surface area (Å²) < 4.78 is 5.51. The third kappa shape index (κ3) is 4.47. The van der Waals surface area contributed by atoms with Gasteiger partial charge in [-0.05, 0) is 39.7 Å². The average molecular weight is 387 g/mol. The number of hydrogen-bond acceptors (Lipinski definition) is 7. The molecule has 28 heavy (non-hydrogen) atoms. The van der Waals surface area contributed by atoms with Crippen LogP contribution in [0.15, 0.2) is 24.4 Å². The maximum atomic E-state index is 12.5. The molecule has 1 aromatic heterocycles. The van der Waals surface area contributed by atoms with Crippen molar-refractivity contribution in [1.82, 2.24) is 14.9 Å². The number of fused-ring (bicyclic) bond motifs is 1. The molecule has 0 saturated carbocycles. The van der Waals surface area contributed by atoms with E-state index in [1.807, 2.05) is 32.7 Å². The number of anilines is 1. The first-order chi connectivity index (χ1) is 13.1. The fraction of sp³-hybridized carbons (Fsp3) is 0.526. The highest BCUT2D eigenvalue weighted by molar-refractivity contribution is 5.78. The highest BCUT2D eigenvalue weighted by Crippen LogP contribution is 2.24. The number of likely N-dealkylation sites (tertiary alicyclic amines) is 1. The Bertz CT molecular complexity index is 896. The fourth-order valence-corrected chi connectivity index (χ4v) is 3.28. The Hall–Kier alpha value is -2.97. The lowest BCUT2D eigenvalue weighted by Crippen LogP contribution is -2.44. The number of benzene rings is 1. The van der Waals surface area contributed by atoms with Gasteiger partial charge in [0.2, 0.25) is 0 Å². The van der Waals surface area contributed by atoms with Crippen LogP contribution >= 0.6 is 0 Å². The van der Waals surface area contributed by atoms with Gasteiger partial charge in [0.1, 0.15) is 11.4 Å². The van der Waals surface area contributed by atoms with Gasteiger partial charge in [-0.2, -0.15) is 0 Å². The van der Waals surface area contributed by atoms with Crippen LogP contribution in [0.5, 0.6) is 0 Å². The number of nitro groups is 1. The zero-order valence-corrected chi connectivity index (χ0v) is 16.6. The molecule has 1 amide bonds. The largest absolute Gasteiger partial charge is 0.444 e. The second-order valence-electron chi connectivity index (χ2n) is 8.01. The maximum absolute atomic E-state index is 12.5. The van der Waals surface area contributed by atoms with Crippen LogP contribution in [0.4, 0.5) is 16.3 Å². The van der Waals surface area contributed by atoms with Crippen LogP contribution in [0.25, 0.3) is 11.0 Å². The summed E-state index contributed by atoms with van der Waals surface area (Å²) in [5.74, 6) is 0.650. The third-order valence-corrected chi connectivity index (χ3v) is 4.60. The Morgan fingerprint density at radius 2 is 2.14 bits per heavy atom. The van der Waals surface area contributed by atoms with Gasteiger partial charge in [-0.25, -0.2) is 9.78 Å². The fourth-order valence-electron chi connectivity index (χ4n) is 3.28. The quantitative estimate of drug-likeness (QED) is 0.585. The van der Waals surface area contributed by atoms with Crippen LogP contribution in [-0.2, 0) is 4.74 Å². The van der Waals surface area contributed by atoms with Crippen LogP contribution in [0.2, 0.25) is 0 Å². The molecule has 1 aliphatic heterocycles. The smallest absolute Gasteiger partial charge is 0.410 e. The molecule has 0 spiro atoms. The maximum Gasteiger partial charge on any atom is 0.410 e. The molecular weight excluding hydrogens is 362 g/mol.